The zero-order chi connectivity index (χ0) is 11.5. The summed E-state index contributed by atoms with van der Waals surface area (Å²) in [5.41, 5.74) is 0.0582. The van der Waals surface area contributed by atoms with Gasteiger partial charge in [-0.15, -0.1) is 0 Å². The molecule has 0 spiro atoms. The van der Waals surface area contributed by atoms with Crippen molar-refractivity contribution < 1.29 is 9.18 Å². The van der Waals surface area contributed by atoms with E-state index in [0.717, 1.165) is 19.4 Å². The van der Waals surface area contributed by atoms with Crippen molar-refractivity contribution in [1.29, 1.82) is 0 Å². The Hall–Kier alpha value is -1.13. The third kappa shape index (κ3) is 2.33. The first-order chi connectivity index (χ1) is 7.68. The number of hydrogen-bond acceptors (Lipinski definition) is 2. The van der Waals surface area contributed by atoms with Gasteiger partial charge in [0.25, 0.3) is 0 Å². The predicted molar refractivity (Wildman–Crippen MR) is 61.1 cm³/mol. The van der Waals surface area contributed by atoms with Crippen molar-refractivity contribution in [2.75, 3.05) is 11.9 Å². The van der Waals surface area contributed by atoms with Gasteiger partial charge in [0.2, 0.25) is 5.91 Å². The lowest BCUT2D eigenvalue weighted by Gasteiger charge is -2.12. The van der Waals surface area contributed by atoms with Crippen molar-refractivity contribution in [2.45, 2.75) is 18.9 Å². The third-order valence-corrected chi connectivity index (χ3v) is 2.90. The summed E-state index contributed by atoms with van der Waals surface area (Å²) in [4.78, 5) is 11.7. The minimum Gasteiger partial charge on any atom is -0.321 e. The highest BCUT2D eigenvalue weighted by Gasteiger charge is 2.23. The average molecular weight is 243 g/mol. The lowest BCUT2D eigenvalue weighted by Crippen LogP contribution is -2.35. The van der Waals surface area contributed by atoms with Gasteiger partial charge < -0.3 is 10.6 Å². The summed E-state index contributed by atoms with van der Waals surface area (Å²) >= 11 is 5.81. The fourth-order valence-corrected chi connectivity index (χ4v) is 1.95. The summed E-state index contributed by atoms with van der Waals surface area (Å²) < 4.78 is 13.4. The molecule has 3 nitrogen and oxygen atoms in total. The lowest BCUT2D eigenvalue weighted by atomic mass is 10.2. The molecular formula is C11H12ClFN2O. The monoisotopic (exact) mass is 242 g/mol. The fraction of sp³-hybridized carbons (Fsp3) is 0.364. The third-order valence-electron chi connectivity index (χ3n) is 2.59. The van der Waals surface area contributed by atoms with Crippen LogP contribution in [0.4, 0.5) is 10.1 Å². The summed E-state index contributed by atoms with van der Waals surface area (Å²) in [5.74, 6) is -0.747. The Balaban J connectivity index is 2.11. The molecule has 2 N–H and O–H groups in total. The number of hydrogen-bond donors (Lipinski definition) is 2. The molecule has 1 amide bonds. The summed E-state index contributed by atoms with van der Waals surface area (Å²) in [6.07, 6.45) is 1.74. The van der Waals surface area contributed by atoms with E-state index in [1.54, 1.807) is 6.07 Å². The number of anilines is 1. The van der Waals surface area contributed by atoms with Crippen molar-refractivity contribution in [3.05, 3.63) is 29.0 Å². The Morgan fingerprint density at radius 3 is 3.00 bits per heavy atom. The van der Waals surface area contributed by atoms with Gasteiger partial charge in [-0.1, -0.05) is 17.7 Å². The first-order valence-electron chi connectivity index (χ1n) is 5.17. The molecular weight excluding hydrogens is 231 g/mol. The quantitative estimate of drug-likeness (QED) is 0.835. The van der Waals surface area contributed by atoms with Gasteiger partial charge in [-0.2, -0.15) is 0 Å². The van der Waals surface area contributed by atoms with E-state index in [9.17, 15) is 9.18 Å². The smallest absolute Gasteiger partial charge is 0.241 e. The number of rotatable bonds is 2. The van der Waals surface area contributed by atoms with Crippen molar-refractivity contribution in [1.82, 2.24) is 5.32 Å². The van der Waals surface area contributed by atoms with Crippen LogP contribution in [-0.4, -0.2) is 18.5 Å². The highest BCUT2D eigenvalue weighted by atomic mass is 35.5. The van der Waals surface area contributed by atoms with Crippen LogP contribution in [-0.2, 0) is 4.79 Å². The molecule has 1 saturated heterocycles. The van der Waals surface area contributed by atoms with Crippen LogP contribution >= 0.6 is 11.6 Å². The lowest BCUT2D eigenvalue weighted by molar-refractivity contribution is -0.117. The normalized spacial score (nSPS) is 19.8. The first-order valence-corrected chi connectivity index (χ1v) is 5.54. The molecule has 0 unspecified atom stereocenters. The molecule has 1 aliphatic rings. The summed E-state index contributed by atoms with van der Waals surface area (Å²) in [5, 5.41) is 5.76. The molecule has 1 aromatic carbocycles. The zero-order valence-corrected chi connectivity index (χ0v) is 9.35. The molecule has 0 radical (unpaired) electrons. The van der Waals surface area contributed by atoms with E-state index in [1.807, 2.05) is 0 Å². The molecule has 1 heterocycles. The Morgan fingerprint density at radius 1 is 1.56 bits per heavy atom. The highest BCUT2D eigenvalue weighted by molar-refractivity contribution is 6.33. The minimum atomic E-state index is -0.515. The van der Waals surface area contributed by atoms with Crippen LogP contribution in [0.3, 0.4) is 0 Å². The van der Waals surface area contributed by atoms with Crippen molar-refractivity contribution in [3.8, 4) is 0 Å². The summed E-state index contributed by atoms with van der Waals surface area (Å²) in [6.45, 7) is 0.823. The van der Waals surface area contributed by atoms with E-state index in [1.165, 1.54) is 12.1 Å². The zero-order valence-electron chi connectivity index (χ0n) is 8.59. The van der Waals surface area contributed by atoms with Gasteiger partial charge in [0, 0.05) is 0 Å². The van der Waals surface area contributed by atoms with Crippen LogP contribution in [0.15, 0.2) is 18.2 Å². The van der Waals surface area contributed by atoms with Gasteiger partial charge in [-0.05, 0) is 31.5 Å². The van der Waals surface area contributed by atoms with Crippen LogP contribution in [0.25, 0.3) is 0 Å². The van der Waals surface area contributed by atoms with Crippen LogP contribution in [0, 0.1) is 5.82 Å². The van der Waals surface area contributed by atoms with Gasteiger partial charge in [0.15, 0.2) is 0 Å². The number of para-hydroxylation sites is 1. The van der Waals surface area contributed by atoms with Crippen molar-refractivity contribution in [2.24, 2.45) is 0 Å². The van der Waals surface area contributed by atoms with Crippen LogP contribution in [0.1, 0.15) is 12.8 Å². The standard InChI is InChI=1S/C11H12ClFN2O/c12-7-3-1-4-8(13)10(7)15-11(16)9-5-2-6-14-9/h1,3-4,9,14H,2,5-6H2,(H,15,16)/t9-/m0/s1. The molecule has 2 rings (SSSR count). The van der Waals surface area contributed by atoms with E-state index in [2.05, 4.69) is 10.6 Å². The predicted octanol–water partition coefficient (Wildman–Crippen LogP) is 2.17. The maximum atomic E-state index is 13.4. The van der Waals surface area contributed by atoms with Crippen LogP contribution < -0.4 is 10.6 Å². The number of carbonyl (C=O) groups is 1. The maximum absolute atomic E-state index is 13.4. The van der Waals surface area contributed by atoms with Gasteiger partial charge >= 0.3 is 0 Å². The Labute approximate surface area is 98.0 Å². The number of benzene rings is 1. The first kappa shape index (κ1) is 11.4. The number of halogens is 2. The molecule has 16 heavy (non-hydrogen) atoms. The molecule has 0 aromatic heterocycles. The number of amides is 1. The van der Waals surface area contributed by atoms with E-state index in [-0.39, 0.29) is 22.7 Å². The van der Waals surface area contributed by atoms with E-state index >= 15 is 0 Å². The molecule has 1 atom stereocenters. The van der Waals surface area contributed by atoms with E-state index in [4.69, 9.17) is 11.6 Å². The Bertz CT molecular complexity index is 385. The largest absolute Gasteiger partial charge is 0.321 e. The number of nitrogens with one attached hydrogen (secondary N) is 2. The molecule has 0 saturated carbocycles. The van der Waals surface area contributed by atoms with E-state index in [0.29, 0.717) is 0 Å². The second-order valence-electron chi connectivity index (χ2n) is 3.73. The fourth-order valence-electron chi connectivity index (χ4n) is 1.74. The molecule has 0 aliphatic carbocycles. The van der Waals surface area contributed by atoms with Gasteiger partial charge in [-0.25, -0.2) is 4.39 Å². The molecule has 5 heteroatoms. The molecule has 0 bridgehead atoms. The SMILES string of the molecule is O=C(Nc1c(F)cccc1Cl)[C@@H]1CCCN1. The Morgan fingerprint density at radius 2 is 2.38 bits per heavy atom. The van der Waals surface area contributed by atoms with Gasteiger partial charge in [0.1, 0.15) is 5.82 Å². The Kier molecular flexibility index (Phi) is 3.41. The van der Waals surface area contributed by atoms with E-state index < -0.39 is 5.82 Å². The molecule has 1 fully saturated rings. The van der Waals surface area contributed by atoms with Gasteiger partial charge in [0.05, 0.1) is 16.8 Å². The maximum Gasteiger partial charge on any atom is 0.241 e. The summed E-state index contributed by atoms with van der Waals surface area (Å²) in [7, 11) is 0. The van der Waals surface area contributed by atoms with Crippen LogP contribution in [0.2, 0.25) is 5.02 Å². The minimum absolute atomic E-state index is 0.0582. The van der Waals surface area contributed by atoms with Crippen molar-refractivity contribution >= 4 is 23.2 Å². The van der Waals surface area contributed by atoms with Crippen molar-refractivity contribution in [3.63, 3.8) is 0 Å². The second-order valence-corrected chi connectivity index (χ2v) is 4.14. The second kappa shape index (κ2) is 4.80. The average Bonchev–Trinajstić information content (AvgIpc) is 2.76. The number of carbonyl (C=O) groups excluding carboxylic acids is 1. The van der Waals surface area contributed by atoms with Crippen LogP contribution in [0.5, 0.6) is 0 Å². The highest BCUT2D eigenvalue weighted by Crippen LogP contribution is 2.25. The molecule has 86 valence electrons. The molecule has 1 aromatic rings. The molecule has 1 aliphatic heterocycles. The van der Waals surface area contributed by atoms with Gasteiger partial charge in [-0.3, -0.25) is 4.79 Å². The topological polar surface area (TPSA) is 41.1 Å². The summed E-state index contributed by atoms with van der Waals surface area (Å²) in [6, 6.07) is 4.07.